The maximum absolute atomic E-state index is 12.9. The third kappa shape index (κ3) is 6.53. The molecule has 0 spiro atoms. The molecule has 0 amide bonds. The SMILES string of the molecule is CCC(=O)OC1CCC2C3CCc4cc(O)ccc4C3CCC12C.COc1ccc(-c2c(OC)c3c(OC)c4c(cc3oc2=O)OC(C)(C)C=C4)cc1. The van der Waals surface area contributed by atoms with Gasteiger partial charge in [0.25, 0.3) is 0 Å². The molecule has 4 aromatic rings. The van der Waals surface area contributed by atoms with Crippen molar-refractivity contribution in [2.45, 2.75) is 90.3 Å². The molecule has 1 N–H and O–H groups in total. The summed E-state index contributed by atoms with van der Waals surface area (Å²) in [7, 11) is 4.68. The number of phenols is 1. The normalized spacial score (nSPS) is 24.7. The lowest BCUT2D eigenvalue weighted by Crippen LogP contribution is -2.45. The third-order valence-electron chi connectivity index (χ3n) is 12.1. The summed E-state index contributed by atoms with van der Waals surface area (Å²) >= 11 is 0. The number of esters is 1. The number of aromatic hydroxyl groups is 1. The Morgan fingerprint density at radius 2 is 1.68 bits per heavy atom. The molecule has 5 atom stereocenters. The maximum Gasteiger partial charge on any atom is 0.347 e. The Balaban J connectivity index is 0.000000167. The summed E-state index contributed by atoms with van der Waals surface area (Å²) in [5.41, 5.74) is 4.06. The molecule has 4 aliphatic rings. The summed E-state index contributed by atoms with van der Waals surface area (Å²) in [6.45, 7) is 8.14. The first-order valence-electron chi connectivity index (χ1n) is 18.7. The van der Waals surface area contributed by atoms with Crippen molar-refractivity contribution in [2.24, 2.45) is 17.3 Å². The number of aryl methyl sites for hydroxylation is 1. The van der Waals surface area contributed by atoms with Crippen molar-refractivity contribution in [1.82, 2.24) is 0 Å². The number of ether oxygens (including phenoxy) is 5. The molecule has 3 aliphatic carbocycles. The second-order valence-electron chi connectivity index (χ2n) is 15.5. The number of hydrogen-bond acceptors (Lipinski definition) is 9. The van der Waals surface area contributed by atoms with Gasteiger partial charge in [-0.05, 0) is 123 Å². The smallest absolute Gasteiger partial charge is 0.347 e. The first-order valence-corrected chi connectivity index (χ1v) is 18.7. The van der Waals surface area contributed by atoms with Gasteiger partial charge in [-0.2, -0.15) is 0 Å². The Hall–Kier alpha value is -4.92. The van der Waals surface area contributed by atoms with Crippen molar-refractivity contribution in [1.29, 1.82) is 0 Å². The molecular weight excluding hydrogens is 672 g/mol. The average Bonchev–Trinajstić information content (AvgIpc) is 3.48. The molecule has 53 heavy (non-hydrogen) atoms. The topological polar surface area (TPSA) is 114 Å². The van der Waals surface area contributed by atoms with E-state index in [-0.39, 0.29) is 17.5 Å². The first-order chi connectivity index (χ1) is 25.4. The fraction of sp³-hybridized carbons (Fsp3) is 0.455. The van der Waals surface area contributed by atoms with Gasteiger partial charge in [0.1, 0.15) is 57.0 Å². The van der Waals surface area contributed by atoms with Gasteiger partial charge in [0.2, 0.25) is 0 Å². The van der Waals surface area contributed by atoms with Gasteiger partial charge in [0.05, 0.1) is 26.9 Å². The van der Waals surface area contributed by atoms with Crippen LogP contribution in [0.15, 0.2) is 63.8 Å². The van der Waals surface area contributed by atoms with E-state index in [0.717, 1.165) is 24.8 Å². The molecule has 3 aromatic carbocycles. The summed E-state index contributed by atoms with van der Waals surface area (Å²) in [5, 5.41) is 10.3. The summed E-state index contributed by atoms with van der Waals surface area (Å²) in [6.07, 6.45) is 11.3. The van der Waals surface area contributed by atoms with Gasteiger partial charge in [-0.3, -0.25) is 4.79 Å². The van der Waals surface area contributed by atoms with E-state index in [1.807, 2.05) is 45.1 Å². The van der Waals surface area contributed by atoms with Crippen molar-refractivity contribution in [3.8, 4) is 39.9 Å². The van der Waals surface area contributed by atoms with E-state index in [1.54, 1.807) is 44.6 Å². The highest BCUT2D eigenvalue weighted by molar-refractivity contribution is 5.99. The summed E-state index contributed by atoms with van der Waals surface area (Å²) < 4.78 is 34.1. The van der Waals surface area contributed by atoms with E-state index in [2.05, 4.69) is 13.0 Å². The number of carbonyl (C=O) groups excluding carboxylic acids is 1. The molecule has 0 bridgehead atoms. The zero-order valence-electron chi connectivity index (χ0n) is 31.7. The molecule has 8 rings (SSSR count). The van der Waals surface area contributed by atoms with E-state index >= 15 is 0 Å². The number of carbonyl (C=O) groups is 1. The summed E-state index contributed by atoms with van der Waals surface area (Å²) in [5.74, 6) is 4.51. The van der Waals surface area contributed by atoms with E-state index in [1.165, 1.54) is 37.5 Å². The molecule has 0 saturated heterocycles. The molecule has 280 valence electrons. The van der Waals surface area contributed by atoms with Gasteiger partial charge in [-0.1, -0.05) is 32.0 Å². The molecule has 2 fully saturated rings. The number of rotatable bonds is 6. The van der Waals surface area contributed by atoms with Gasteiger partial charge < -0.3 is 33.2 Å². The number of phenolic OH excluding ortho intramolecular Hbond substituents is 1. The van der Waals surface area contributed by atoms with Crippen LogP contribution in [0.3, 0.4) is 0 Å². The molecule has 2 saturated carbocycles. The molecule has 5 unspecified atom stereocenters. The molecule has 1 aromatic heterocycles. The Labute approximate surface area is 310 Å². The highest BCUT2D eigenvalue weighted by Crippen LogP contribution is 2.61. The fourth-order valence-electron chi connectivity index (χ4n) is 9.51. The van der Waals surface area contributed by atoms with Crippen LogP contribution in [0.4, 0.5) is 0 Å². The standard InChI is InChI=1S/C23H22O6.C21H28O3/c1-23(2)11-10-15-16(29-23)12-17-19(20(15)26-4)21(27-5)18(22(24)28-17)13-6-8-14(25-3)9-7-13;1-3-20(23)24-19-9-8-18-17-6-4-13-12-14(22)5-7-15(13)16(17)10-11-21(18,19)2/h6-12H,1-5H3;5,7,12,16-19,22H,3-4,6,8-11H2,1-2H3. The van der Waals surface area contributed by atoms with Crippen molar-refractivity contribution < 1.29 is 38.0 Å². The van der Waals surface area contributed by atoms with Gasteiger partial charge in [-0.15, -0.1) is 0 Å². The maximum atomic E-state index is 12.9. The van der Waals surface area contributed by atoms with Gasteiger partial charge in [0, 0.05) is 17.9 Å². The molecular formula is C44H50O9. The largest absolute Gasteiger partial charge is 0.508 e. The predicted octanol–water partition coefficient (Wildman–Crippen LogP) is 9.24. The van der Waals surface area contributed by atoms with Crippen LogP contribution in [0.5, 0.6) is 28.7 Å². The summed E-state index contributed by atoms with van der Waals surface area (Å²) in [6, 6.07) is 14.8. The van der Waals surface area contributed by atoms with E-state index in [4.69, 9.17) is 28.1 Å². The van der Waals surface area contributed by atoms with Crippen LogP contribution in [0.25, 0.3) is 28.2 Å². The molecule has 1 aliphatic heterocycles. The lowest BCUT2D eigenvalue weighted by atomic mass is 9.55. The Kier molecular flexibility index (Phi) is 9.72. The van der Waals surface area contributed by atoms with Gasteiger partial charge in [-0.25, -0.2) is 4.79 Å². The number of hydrogen-bond donors (Lipinski definition) is 1. The van der Waals surface area contributed by atoms with E-state index in [9.17, 15) is 14.7 Å². The minimum absolute atomic E-state index is 0.0477. The highest BCUT2D eigenvalue weighted by atomic mass is 16.5. The van der Waals surface area contributed by atoms with Crippen LogP contribution in [0.2, 0.25) is 0 Å². The number of methoxy groups -OCH3 is 3. The second kappa shape index (κ2) is 14.1. The predicted molar refractivity (Wildman–Crippen MR) is 204 cm³/mol. The molecule has 9 nitrogen and oxygen atoms in total. The van der Waals surface area contributed by atoms with Crippen LogP contribution in [0, 0.1) is 17.3 Å². The van der Waals surface area contributed by atoms with Crippen molar-refractivity contribution >= 4 is 23.0 Å². The van der Waals surface area contributed by atoms with Crippen molar-refractivity contribution in [3.05, 3.63) is 81.7 Å². The lowest BCUT2D eigenvalue weighted by Gasteiger charge is -2.50. The monoisotopic (exact) mass is 722 g/mol. The third-order valence-corrected chi connectivity index (χ3v) is 12.1. The average molecular weight is 723 g/mol. The van der Waals surface area contributed by atoms with Crippen LogP contribution in [0.1, 0.15) is 88.8 Å². The van der Waals surface area contributed by atoms with Gasteiger partial charge in [0.15, 0.2) is 0 Å². The summed E-state index contributed by atoms with van der Waals surface area (Å²) in [4.78, 5) is 24.7. The molecule has 2 heterocycles. The molecule has 0 radical (unpaired) electrons. The zero-order valence-corrected chi connectivity index (χ0v) is 31.7. The van der Waals surface area contributed by atoms with E-state index < -0.39 is 11.2 Å². The Morgan fingerprint density at radius 1 is 0.925 bits per heavy atom. The number of benzene rings is 3. The van der Waals surface area contributed by atoms with Crippen molar-refractivity contribution in [2.75, 3.05) is 21.3 Å². The van der Waals surface area contributed by atoms with Crippen LogP contribution in [-0.4, -0.2) is 44.1 Å². The van der Waals surface area contributed by atoms with Crippen LogP contribution >= 0.6 is 0 Å². The minimum atomic E-state index is -0.507. The number of fused-ring (bicyclic) bond motifs is 7. The second-order valence-corrected chi connectivity index (χ2v) is 15.5. The Bertz CT molecular complexity index is 2110. The van der Waals surface area contributed by atoms with Gasteiger partial charge >= 0.3 is 11.6 Å². The Morgan fingerprint density at radius 3 is 2.38 bits per heavy atom. The minimum Gasteiger partial charge on any atom is -0.508 e. The van der Waals surface area contributed by atoms with Crippen LogP contribution < -0.4 is 24.6 Å². The quantitative estimate of drug-likeness (QED) is 0.154. The van der Waals surface area contributed by atoms with E-state index in [0.29, 0.717) is 75.0 Å². The first kappa shape index (κ1) is 36.4. The fourth-order valence-corrected chi connectivity index (χ4v) is 9.51. The van der Waals surface area contributed by atoms with Crippen LogP contribution in [-0.2, 0) is 16.0 Å². The molecule has 9 heteroatoms. The van der Waals surface area contributed by atoms with Crippen molar-refractivity contribution in [3.63, 3.8) is 0 Å². The zero-order chi connectivity index (χ0) is 37.7. The lowest BCUT2D eigenvalue weighted by molar-refractivity contribution is -0.157. The highest BCUT2D eigenvalue weighted by Gasteiger charge is 2.56.